The summed E-state index contributed by atoms with van der Waals surface area (Å²) in [4.78, 5) is 40.3. The lowest BCUT2D eigenvalue weighted by atomic mass is 10.2. The number of hydrogen-bond acceptors (Lipinski definition) is 9. The van der Waals surface area contributed by atoms with Gasteiger partial charge in [0.1, 0.15) is 27.6 Å². The maximum atomic E-state index is 13.0. The number of pyridine rings is 1. The number of fused-ring (bicyclic) bond motifs is 1. The summed E-state index contributed by atoms with van der Waals surface area (Å²) < 4.78 is 46.5. The predicted octanol–water partition coefficient (Wildman–Crippen LogP) is 3.73. The van der Waals surface area contributed by atoms with Crippen molar-refractivity contribution < 1.29 is 37.0 Å². The van der Waals surface area contributed by atoms with E-state index in [4.69, 9.17) is 9.47 Å². The van der Waals surface area contributed by atoms with Crippen LogP contribution >= 0.6 is 18.9 Å². The van der Waals surface area contributed by atoms with Crippen molar-refractivity contribution in [2.75, 3.05) is 11.6 Å². The maximum absolute atomic E-state index is 13.0. The molecular weight excluding hydrogens is 541 g/mol. The second-order valence-electron chi connectivity index (χ2n) is 8.22. The summed E-state index contributed by atoms with van der Waals surface area (Å²) in [5.41, 5.74) is 0.186. The first kappa shape index (κ1) is 26.7. The Kier molecular flexibility index (Phi) is 7.36. The van der Waals surface area contributed by atoms with Crippen LogP contribution in [0.15, 0.2) is 59.5 Å². The Morgan fingerprint density at radius 1 is 1.00 bits per heavy atom. The number of carbonyl (C=O) groups excluding carboxylic acids is 1. The summed E-state index contributed by atoms with van der Waals surface area (Å²) in [5, 5.41) is 2.84. The van der Waals surface area contributed by atoms with Gasteiger partial charge in [0.2, 0.25) is 0 Å². The molecule has 0 aliphatic heterocycles. The first-order valence-corrected chi connectivity index (χ1v) is 15.0. The summed E-state index contributed by atoms with van der Waals surface area (Å²) in [6.45, 7) is 3.66. The molecule has 3 N–H and O–H groups in total. The summed E-state index contributed by atoms with van der Waals surface area (Å²) in [6, 6.07) is 13.1. The highest BCUT2D eigenvalue weighted by Gasteiger charge is 2.21. The number of amides is 1. The molecule has 4 aromatic rings. The van der Waals surface area contributed by atoms with Crippen LogP contribution in [0.1, 0.15) is 24.2 Å². The van der Waals surface area contributed by atoms with Crippen LogP contribution in [0.5, 0.6) is 17.2 Å². The van der Waals surface area contributed by atoms with Gasteiger partial charge in [0, 0.05) is 17.9 Å². The minimum Gasteiger partial charge on any atom is -0.491 e. The average molecular weight is 564 g/mol. The molecule has 194 valence electrons. The van der Waals surface area contributed by atoms with Crippen molar-refractivity contribution in [1.29, 1.82) is 0 Å². The van der Waals surface area contributed by atoms with Gasteiger partial charge in [-0.1, -0.05) is 11.3 Å². The van der Waals surface area contributed by atoms with E-state index in [1.165, 1.54) is 48.5 Å². The van der Waals surface area contributed by atoms with E-state index >= 15 is 0 Å². The summed E-state index contributed by atoms with van der Waals surface area (Å²) in [6.07, 6.45) is 0.928. The van der Waals surface area contributed by atoms with Gasteiger partial charge in [-0.25, -0.2) is 18.4 Å². The Labute approximate surface area is 216 Å². The zero-order valence-corrected chi connectivity index (χ0v) is 22.3. The van der Waals surface area contributed by atoms with Crippen molar-refractivity contribution in [1.82, 2.24) is 9.97 Å². The fourth-order valence-electron chi connectivity index (χ4n) is 3.19. The van der Waals surface area contributed by atoms with Gasteiger partial charge in [-0.3, -0.25) is 14.7 Å². The molecule has 37 heavy (non-hydrogen) atoms. The quantitative estimate of drug-likeness (QED) is 0.269. The fraction of sp³-hybridized carbons (Fsp3) is 0.174. The molecule has 14 heteroatoms. The standard InChI is InChI=1S/C23H22N3O8PS2/c1-13(2)33-16-10-14(11-17(12-16)34-15-4-6-18(7-5-15)37(3,31)32)21(27)26-23-24-19-8-9-20(35(28,29)30)25-22(19)36-23/h4-13H,1-3H3,(H,24,26,27)(H2,28,29,30). The van der Waals surface area contributed by atoms with E-state index in [1.807, 2.05) is 13.8 Å². The molecule has 0 fully saturated rings. The Hall–Kier alpha value is -3.35. The lowest BCUT2D eigenvalue weighted by molar-refractivity contribution is 0.102. The van der Waals surface area contributed by atoms with Crippen LogP contribution in [0.25, 0.3) is 10.3 Å². The molecule has 0 saturated heterocycles. The molecule has 0 unspecified atom stereocenters. The highest BCUT2D eigenvalue weighted by molar-refractivity contribution is 7.90. The third kappa shape index (κ3) is 6.70. The van der Waals surface area contributed by atoms with E-state index in [0.29, 0.717) is 17.0 Å². The number of aromatic nitrogens is 2. The Balaban J connectivity index is 1.60. The predicted molar refractivity (Wildman–Crippen MR) is 139 cm³/mol. The van der Waals surface area contributed by atoms with Crippen LogP contribution in [-0.2, 0) is 14.4 Å². The van der Waals surface area contributed by atoms with Crippen molar-refractivity contribution >= 4 is 55.6 Å². The van der Waals surface area contributed by atoms with E-state index < -0.39 is 23.3 Å². The van der Waals surface area contributed by atoms with E-state index in [2.05, 4.69) is 15.3 Å². The van der Waals surface area contributed by atoms with E-state index in [1.54, 1.807) is 6.07 Å². The van der Waals surface area contributed by atoms with Crippen LogP contribution in [0.3, 0.4) is 0 Å². The van der Waals surface area contributed by atoms with Gasteiger partial charge >= 0.3 is 7.60 Å². The van der Waals surface area contributed by atoms with Crippen LogP contribution < -0.4 is 20.2 Å². The average Bonchev–Trinajstić information content (AvgIpc) is 3.19. The first-order chi connectivity index (χ1) is 17.3. The van der Waals surface area contributed by atoms with Gasteiger partial charge < -0.3 is 19.3 Å². The molecule has 0 aliphatic rings. The van der Waals surface area contributed by atoms with Crippen molar-refractivity contribution in [3.63, 3.8) is 0 Å². The molecule has 1 amide bonds. The zero-order chi connectivity index (χ0) is 27.0. The lowest BCUT2D eigenvalue weighted by Crippen LogP contribution is -2.13. The van der Waals surface area contributed by atoms with Gasteiger partial charge in [0.05, 0.1) is 11.0 Å². The molecule has 2 aromatic heterocycles. The maximum Gasteiger partial charge on any atom is 0.374 e. The van der Waals surface area contributed by atoms with Crippen molar-refractivity contribution in [3.8, 4) is 17.2 Å². The number of sulfone groups is 1. The summed E-state index contributed by atoms with van der Waals surface area (Å²) >= 11 is 0.966. The minimum absolute atomic E-state index is 0.148. The number of nitrogens with one attached hydrogen (secondary N) is 1. The van der Waals surface area contributed by atoms with E-state index in [9.17, 15) is 27.6 Å². The van der Waals surface area contributed by atoms with Crippen LogP contribution in [0.2, 0.25) is 0 Å². The van der Waals surface area contributed by atoms with Crippen molar-refractivity contribution in [2.24, 2.45) is 0 Å². The number of ether oxygens (including phenoxy) is 2. The number of thiazole rings is 1. The Bertz CT molecular complexity index is 1630. The molecule has 0 spiro atoms. The van der Waals surface area contributed by atoms with Crippen LogP contribution in [0, 0.1) is 0 Å². The number of benzene rings is 2. The molecule has 11 nitrogen and oxygen atoms in total. The molecule has 0 aliphatic carbocycles. The molecular formula is C23H22N3O8PS2. The van der Waals surface area contributed by atoms with Crippen LogP contribution in [-0.4, -0.2) is 46.4 Å². The molecule has 0 bridgehead atoms. The number of anilines is 1. The minimum atomic E-state index is -4.53. The Morgan fingerprint density at radius 2 is 1.68 bits per heavy atom. The number of hydrogen-bond donors (Lipinski definition) is 3. The van der Waals surface area contributed by atoms with Gasteiger partial charge in [0.25, 0.3) is 5.91 Å². The van der Waals surface area contributed by atoms with Gasteiger partial charge in [-0.2, -0.15) is 0 Å². The van der Waals surface area contributed by atoms with E-state index in [-0.39, 0.29) is 37.7 Å². The summed E-state index contributed by atoms with van der Waals surface area (Å²) in [5.74, 6) is 0.495. The normalized spacial score (nSPS) is 12.1. The fourth-order valence-corrected chi connectivity index (χ4v) is 5.22. The number of nitrogens with zero attached hydrogens (tertiary/aromatic N) is 2. The smallest absolute Gasteiger partial charge is 0.374 e. The summed E-state index contributed by atoms with van der Waals surface area (Å²) in [7, 11) is -7.89. The first-order valence-electron chi connectivity index (χ1n) is 10.7. The largest absolute Gasteiger partial charge is 0.491 e. The van der Waals surface area contributed by atoms with E-state index in [0.717, 1.165) is 17.6 Å². The lowest BCUT2D eigenvalue weighted by Gasteiger charge is -2.14. The molecule has 0 atom stereocenters. The second-order valence-corrected chi connectivity index (χ2v) is 12.8. The highest BCUT2D eigenvalue weighted by atomic mass is 32.2. The molecule has 0 radical (unpaired) electrons. The van der Waals surface area contributed by atoms with Crippen molar-refractivity contribution in [3.05, 3.63) is 60.2 Å². The highest BCUT2D eigenvalue weighted by Crippen LogP contribution is 2.34. The van der Waals surface area contributed by atoms with Gasteiger partial charge in [0.15, 0.2) is 20.4 Å². The molecule has 4 rings (SSSR count). The van der Waals surface area contributed by atoms with Gasteiger partial charge in [-0.15, -0.1) is 0 Å². The van der Waals surface area contributed by atoms with Gasteiger partial charge in [-0.05, 0) is 62.4 Å². The number of rotatable bonds is 8. The third-order valence-corrected chi connectivity index (χ3v) is 7.62. The van der Waals surface area contributed by atoms with Crippen LogP contribution in [0.4, 0.5) is 5.13 Å². The zero-order valence-electron chi connectivity index (χ0n) is 19.8. The molecule has 2 heterocycles. The SMILES string of the molecule is CC(C)Oc1cc(Oc2ccc(S(C)(=O)=O)cc2)cc(C(=O)Nc2nc3ccc(P(=O)(O)O)nc3s2)c1. The monoisotopic (exact) mass is 563 g/mol. The third-order valence-electron chi connectivity index (χ3n) is 4.76. The Morgan fingerprint density at radius 3 is 2.30 bits per heavy atom. The topological polar surface area (TPSA) is 165 Å². The molecule has 0 saturated carbocycles. The number of carbonyl (C=O) groups is 1. The molecule has 2 aromatic carbocycles. The second kappa shape index (κ2) is 10.2. The van der Waals surface area contributed by atoms with Crippen molar-refractivity contribution in [2.45, 2.75) is 24.8 Å².